The van der Waals surface area contributed by atoms with E-state index in [0.717, 1.165) is 23.3 Å². The zero-order valence-electron chi connectivity index (χ0n) is 12.1. The Morgan fingerprint density at radius 3 is 2.64 bits per heavy atom. The minimum Gasteiger partial charge on any atom is -0.356 e. The first-order valence-electron chi connectivity index (χ1n) is 7.48. The van der Waals surface area contributed by atoms with E-state index in [1.54, 1.807) is 11.1 Å². The first-order chi connectivity index (χ1) is 10.4. The Balaban J connectivity index is 1.58. The molecule has 22 heavy (non-hydrogen) atoms. The molecule has 0 radical (unpaired) electrons. The maximum atomic E-state index is 13.2. The predicted molar refractivity (Wildman–Crippen MR) is 83.0 cm³/mol. The molecular weight excluding hydrogens is 356 g/mol. The molecule has 1 unspecified atom stereocenters. The first-order valence-corrected chi connectivity index (χ1v) is 8.27. The summed E-state index contributed by atoms with van der Waals surface area (Å²) in [6.45, 7) is 1.72. The van der Waals surface area contributed by atoms with Crippen LogP contribution in [0, 0.1) is 5.92 Å². The van der Waals surface area contributed by atoms with E-state index in [1.165, 1.54) is 0 Å². The number of alkyl halides is 2. The maximum Gasteiger partial charge on any atom is 0.251 e. The van der Waals surface area contributed by atoms with Crippen molar-refractivity contribution in [2.45, 2.75) is 25.2 Å². The number of carbonyl (C=O) groups is 1. The van der Waals surface area contributed by atoms with Crippen LogP contribution in [0.2, 0.25) is 0 Å². The quantitative estimate of drug-likeness (QED) is 0.799. The van der Waals surface area contributed by atoms with Crippen LogP contribution >= 0.6 is 15.9 Å². The number of carbonyl (C=O) groups excluding carboxylic acids is 1. The zero-order chi connectivity index (χ0) is 15.7. The third-order valence-electron chi connectivity index (χ3n) is 4.38. The second kappa shape index (κ2) is 6.10. The number of hydrogen-bond donors (Lipinski definition) is 0. The van der Waals surface area contributed by atoms with Crippen LogP contribution in [-0.2, 0) is 4.79 Å². The molecule has 0 bridgehead atoms. The second-order valence-electron chi connectivity index (χ2n) is 5.95. The Morgan fingerprint density at radius 2 is 2.00 bits per heavy atom. The Labute approximate surface area is 136 Å². The van der Waals surface area contributed by atoms with Gasteiger partial charge in [0.15, 0.2) is 0 Å². The molecule has 0 N–H and O–H groups in total. The van der Waals surface area contributed by atoms with Crippen LogP contribution in [0.4, 0.5) is 14.6 Å². The molecule has 7 heteroatoms. The SMILES string of the molecule is O=C(C1CCN(c2ccc(Br)cn2)C1)N1CCC(F)(F)CC1. The van der Waals surface area contributed by atoms with Crippen molar-refractivity contribution in [1.29, 1.82) is 0 Å². The molecule has 2 aliphatic rings. The lowest BCUT2D eigenvalue weighted by Gasteiger charge is -2.33. The average molecular weight is 374 g/mol. The van der Waals surface area contributed by atoms with Crippen molar-refractivity contribution < 1.29 is 13.6 Å². The summed E-state index contributed by atoms with van der Waals surface area (Å²) in [5.41, 5.74) is 0. The third-order valence-corrected chi connectivity index (χ3v) is 4.85. The Morgan fingerprint density at radius 1 is 1.27 bits per heavy atom. The molecule has 1 atom stereocenters. The van der Waals surface area contributed by atoms with Gasteiger partial charge in [0.05, 0.1) is 5.92 Å². The van der Waals surface area contributed by atoms with Crippen LogP contribution in [0.3, 0.4) is 0 Å². The lowest BCUT2D eigenvalue weighted by atomic mass is 10.0. The van der Waals surface area contributed by atoms with E-state index < -0.39 is 5.92 Å². The number of aromatic nitrogens is 1. The van der Waals surface area contributed by atoms with Gasteiger partial charge in [-0.15, -0.1) is 0 Å². The van der Waals surface area contributed by atoms with Crippen molar-refractivity contribution in [3.8, 4) is 0 Å². The summed E-state index contributed by atoms with van der Waals surface area (Å²) in [5, 5.41) is 0. The number of likely N-dealkylation sites (tertiary alicyclic amines) is 1. The van der Waals surface area contributed by atoms with Gasteiger partial charge in [0.1, 0.15) is 5.82 Å². The van der Waals surface area contributed by atoms with E-state index in [4.69, 9.17) is 0 Å². The molecule has 0 aromatic carbocycles. The standard InChI is InChI=1S/C15H18BrF2N3O/c16-12-1-2-13(19-9-12)21-6-3-11(10-21)14(22)20-7-4-15(17,18)5-8-20/h1-2,9,11H,3-8,10H2. The maximum absolute atomic E-state index is 13.2. The van der Waals surface area contributed by atoms with E-state index in [9.17, 15) is 13.6 Å². The zero-order valence-corrected chi connectivity index (χ0v) is 13.7. The molecule has 1 amide bonds. The monoisotopic (exact) mass is 373 g/mol. The number of amides is 1. The van der Waals surface area contributed by atoms with E-state index >= 15 is 0 Å². The number of rotatable bonds is 2. The summed E-state index contributed by atoms with van der Waals surface area (Å²) >= 11 is 3.35. The van der Waals surface area contributed by atoms with Crippen molar-refractivity contribution in [3.63, 3.8) is 0 Å². The van der Waals surface area contributed by atoms with Crippen LogP contribution in [0.5, 0.6) is 0 Å². The highest BCUT2D eigenvalue weighted by atomic mass is 79.9. The van der Waals surface area contributed by atoms with Gasteiger partial charge in [-0.2, -0.15) is 0 Å². The molecule has 3 rings (SSSR count). The molecule has 3 heterocycles. The summed E-state index contributed by atoms with van der Waals surface area (Å²) in [6.07, 6.45) is 2.05. The fourth-order valence-corrected chi connectivity index (χ4v) is 3.27. The average Bonchev–Trinajstić information content (AvgIpc) is 2.97. The fraction of sp³-hybridized carbons (Fsp3) is 0.600. The lowest BCUT2D eigenvalue weighted by molar-refractivity contribution is -0.140. The van der Waals surface area contributed by atoms with Gasteiger partial charge < -0.3 is 9.80 Å². The number of halogens is 3. The largest absolute Gasteiger partial charge is 0.356 e. The molecule has 120 valence electrons. The summed E-state index contributed by atoms with van der Waals surface area (Å²) in [5.74, 6) is -1.87. The van der Waals surface area contributed by atoms with E-state index in [1.807, 2.05) is 12.1 Å². The number of pyridine rings is 1. The van der Waals surface area contributed by atoms with Crippen LogP contribution < -0.4 is 4.90 Å². The number of anilines is 1. The molecule has 2 fully saturated rings. The summed E-state index contributed by atoms with van der Waals surface area (Å²) in [7, 11) is 0. The summed E-state index contributed by atoms with van der Waals surface area (Å²) < 4.78 is 27.3. The molecule has 2 saturated heterocycles. The number of piperidine rings is 1. The molecule has 1 aromatic rings. The van der Waals surface area contributed by atoms with Crippen LogP contribution in [0.25, 0.3) is 0 Å². The fourth-order valence-electron chi connectivity index (χ4n) is 3.04. The molecule has 1 aromatic heterocycles. The van der Waals surface area contributed by atoms with E-state index in [-0.39, 0.29) is 37.8 Å². The Hall–Kier alpha value is -1.24. The second-order valence-corrected chi connectivity index (χ2v) is 6.86. The van der Waals surface area contributed by atoms with Gasteiger partial charge in [0.25, 0.3) is 5.92 Å². The van der Waals surface area contributed by atoms with Gasteiger partial charge >= 0.3 is 0 Å². The number of hydrogen-bond acceptors (Lipinski definition) is 3. The highest BCUT2D eigenvalue weighted by Crippen LogP contribution is 2.30. The van der Waals surface area contributed by atoms with Crippen LogP contribution in [0.1, 0.15) is 19.3 Å². The minimum absolute atomic E-state index is 0.00936. The number of nitrogens with zero attached hydrogens (tertiary/aromatic N) is 3. The van der Waals surface area contributed by atoms with E-state index in [0.29, 0.717) is 6.54 Å². The Kier molecular flexibility index (Phi) is 4.34. The minimum atomic E-state index is -2.61. The van der Waals surface area contributed by atoms with Gasteiger partial charge in [0, 0.05) is 49.7 Å². The van der Waals surface area contributed by atoms with Crippen LogP contribution in [-0.4, -0.2) is 47.9 Å². The van der Waals surface area contributed by atoms with Crippen LogP contribution in [0.15, 0.2) is 22.8 Å². The normalized spacial score (nSPS) is 24.6. The van der Waals surface area contributed by atoms with Gasteiger partial charge in [-0.3, -0.25) is 4.79 Å². The van der Waals surface area contributed by atoms with Crippen molar-refractivity contribution in [2.75, 3.05) is 31.1 Å². The van der Waals surface area contributed by atoms with Crippen molar-refractivity contribution >= 4 is 27.7 Å². The third kappa shape index (κ3) is 3.39. The molecule has 2 aliphatic heterocycles. The topological polar surface area (TPSA) is 36.4 Å². The first kappa shape index (κ1) is 15.6. The van der Waals surface area contributed by atoms with Crippen molar-refractivity contribution in [2.24, 2.45) is 5.92 Å². The molecule has 0 saturated carbocycles. The highest BCUT2D eigenvalue weighted by Gasteiger charge is 2.38. The van der Waals surface area contributed by atoms with Gasteiger partial charge in [0.2, 0.25) is 5.91 Å². The lowest BCUT2D eigenvalue weighted by Crippen LogP contribution is -2.45. The molecular formula is C15H18BrF2N3O. The smallest absolute Gasteiger partial charge is 0.251 e. The van der Waals surface area contributed by atoms with Gasteiger partial charge in [-0.25, -0.2) is 13.8 Å². The summed E-state index contributed by atoms with van der Waals surface area (Å²) in [6, 6.07) is 3.84. The van der Waals surface area contributed by atoms with Crippen molar-refractivity contribution in [3.05, 3.63) is 22.8 Å². The van der Waals surface area contributed by atoms with Gasteiger partial charge in [-0.05, 0) is 34.5 Å². The molecule has 4 nitrogen and oxygen atoms in total. The van der Waals surface area contributed by atoms with E-state index in [2.05, 4.69) is 25.8 Å². The Bertz CT molecular complexity index is 542. The predicted octanol–water partition coefficient (Wildman–Crippen LogP) is 2.93. The molecule has 0 aliphatic carbocycles. The highest BCUT2D eigenvalue weighted by molar-refractivity contribution is 9.10. The van der Waals surface area contributed by atoms with Gasteiger partial charge in [-0.1, -0.05) is 0 Å². The summed E-state index contributed by atoms with van der Waals surface area (Å²) in [4.78, 5) is 20.5. The molecule has 0 spiro atoms. The van der Waals surface area contributed by atoms with Crippen molar-refractivity contribution in [1.82, 2.24) is 9.88 Å².